The lowest BCUT2D eigenvalue weighted by atomic mass is 10.3. The van der Waals surface area contributed by atoms with Gasteiger partial charge in [0.2, 0.25) is 0 Å². The summed E-state index contributed by atoms with van der Waals surface area (Å²) < 4.78 is 1.57. The van der Waals surface area contributed by atoms with Crippen LogP contribution in [0.4, 0.5) is 5.69 Å². The Morgan fingerprint density at radius 2 is 2.10 bits per heavy atom. The number of benzene rings is 1. The summed E-state index contributed by atoms with van der Waals surface area (Å²) in [6, 6.07) is 13.1. The van der Waals surface area contributed by atoms with Crippen molar-refractivity contribution in [3.8, 4) is 0 Å². The molecular formula is C16H15N3OS. The van der Waals surface area contributed by atoms with Crippen LogP contribution in [0.1, 0.15) is 11.3 Å². The molecule has 0 aliphatic carbocycles. The van der Waals surface area contributed by atoms with Crippen molar-refractivity contribution >= 4 is 23.1 Å². The molecule has 0 atom stereocenters. The van der Waals surface area contributed by atoms with Gasteiger partial charge in [-0.1, -0.05) is 12.1 Å². The normalized spacial score (nSPS) is 10.9. The molecule has 0 fully saturated rings. The predicted molar refractivity (Wildman–Crippen MR) is 86.6 cm³/mol. The van der Waals surface area contributed by atoms with Crippen molar-refractivity contribution in [2.24, 2.45) is 0 Å². The summed E-state index contributed by atoms with van der Waals surface area (Å²) in [6.07, 6.45) is 1.81. The summed E-state index contributed by atoms with van der Waals surface area (Å²) in [6.45, 7) is 1.95. The Morgan fingerprint density at radius 3 is 2.90 bits per heavy atom. The first-order valence-corrected chi connectivity index (χ1v) is 7.58. The third-order valence-corrected chi connectivity index (χ3v) is 4.13. The number of aryl methyl sites for hydroxylation is 1. The third-order valence-electron chi connectivity index (χ3n) is 3.11. The Hall–Kier alpha value is -2.27. The van der Waals surface area contributed by atoms with Gasteiger partial charge in [0, 0.05) is 28.6 Å². The standard InChI is InChI=1S/C16H15N3OS/c1-11-5-6-15-18-13(8-16(20)19(15)9-11)10-21-14-4-2-3-12(17)7-14/h2-9H,10,17H2,1H3. The molecule has 0 bridgehead atoms. The number of pyridine rings is 1. The zero-order chi connectivity index (χ0) is 14.8. The number of hydrogen-bond acceptors (Lipinski definition) is 4. The molecule has 0 saturated heterocycles. The average molecular weight is 297 g/mol. The van der Waals surface area contributed by atoms with Crippen molar-refractivity contribution in [2.75, 3.05) is 5.73 Å². The smallest absolute Gasteiger partial charge is 0.258 e. The molecule has 0 spiro atoms. The van der Waals surface area contributed by atoms with Gasteiger partial charge in [-0.2, -0.15) is 0 Å². The summed E-state index contributed by atoms with van der Waals surface area (Å²) in [7, 11) is 0. The van der Waals surface area contributed by atoms with E-state index >= 15 is 0 Å². The Balaban J connectivity index is 1.88. The highest BCUT2D eigenvalue weighted by atomic mass is 32.2. The van der Waals surface area contributed by atoms with Crippen molar-refractivity contribution in [1.29, 1.82) is 0 Å². The van der Waals surface area contributed by atoms with E-state index in [9.17, 15) is 4.79 Å². The number of fused-ring (bicyclic) bond motifs is 1. The van der Waals surface area contributed by atoms with Crippen LogP contribution in [0.15, 0.2) is 58.4 Å². The van der Waals surface area contributed by atoms with E-state index in [1.807, 2.05) is 43.3 Å². The summed E-state index contributed by atoms with van der Waals surface area (Å²) in [5.41, 5.74) is 8.93. The molecule has 3 aromatic rings. The molecule has 0 amide bonds. The summed E-state index contributed by atoms with van der Waals surface area (Å²) in [5, 5.41) is 0. The molecule has 3 rings (SSSR count). The van der Waals surface area contributed by atoms with Gasteiger partial charge in [0.05, 0.1) is 5.69 Å². The fourth-order valence-corrected chi connectivity index (χ4v) is 2.95. The van der Waals surface area contributed by atoms with Gasteiger partial charge in [-0.3, -0.25) is 9.20 Å². The van der Waals surface area contributed by atoms with Gasteiger partial charge >= 0.3 is 0 Å². The first kappa shape index (κ1) is 13.7. The molecule has 0 aliphatic heterocycles. The minimum absolute atomic E-state index is 0.0492. The Bertz CT molecular complexity index is 858. The van der Waals surface area contributed by atoms with Crippen LogP contribution >= 0.6 is 11.8 Å². The van der Waals surface area contributed by atoms with Gasteiger partial charge in [-0.25, -0.2) is 4.98 Å². The summed E-state index contributed by atoms with van der Waals surface area (Å²) >= 11 is 1.62. The van der Waals surface area contributed by atoms with Crippen LogP contribution in [0.25, 0.3) is 5.65 Å². The number of aromatic nitrogens is 2. The molecule has 2 heterocycles. The predicted octanol–water partition coefficient (Wildman–Crippen LogP) is 2.88. The summed E-state index contributed by atoms with van der Waals surface area (Å²) in [4.78, 5) is 17.7. The third kappa shape index (κ3) is 3.08. The van der Waals surface area contributed by atoms with Gasteiger partial charge in [0.15, 0.2) is 0 Å². The molecule has 0 unspecified atom stereocenters. The lowest BCUT2D eigenvalue weighted by molar-refractivity contribution is 1.00. The monoisotopic (exact) mass is 297 g/mol. The van der Waals surface area contributed by atoms with E-state index in [2.05, 4.69) is 4.98 Å². The second-order valence-electron chi connectivity index (χ2n) is 4.88. The maximum absolute atomic E-state index is 12.1. The fourth-order valence-electron chi connectivity index (χ4n) is 2.09. The number of anilines is 1. The van der Waals surface area contributed by atoms with Crippen molar-refractivity contribution in [3.63, 3.8) is 0 Å². The maximum atomic E-state index is 12.1. The molecule has 4 nitrogen and oxygen atoms in total. The molecule has 1 aromatic carbocycles. The highest BCUT2D eigenvalue weighted by Crippen LogP contribution is 2.23. The van der Waals surface area contributed by atoms with Crippen LogP contribution in [-0.4, -0.2) is 9.38 Å². The molecule has 0 radical (unpaired) electrons. The molecule has 2 N–H and O–H groups in total. The Labute approximate surface area is 126 Å². The lowest BCUT2D eigenvalue weighted by Gasteiger charge is -2.05. The van der Waals surface area contributed by atoms with Crippen LogP contribution in [0.3, 0.4) is 0 Å². The number of hydrogen-bond donors (Lipinski definition) is 1. The zero-order valence-electron chi connectivity index (χ0n) is 11.6. The average Bonchev–Trinajstić information content (AvgIpc) is 2.46. The number of rotatable bonds is 3. The lowest BCUT2D eigenvalue weighted by Crippen LogP contribution is -2.15. The van der Waals surface area contributed by atoms with Crippen LogP contribution in [-0.2, 0) is 5.75 Å². The first-order valence-electron chi connectivity index (χ1n) is 6.59. The minimum Gasteiger partial charge on any atom is -0.399 e. The number of nitrogens with two attached hydrogens (primary N) is 1. The van der Waals surface area contributed by atoms with Gasteiger partial charge in [-0.15, -0.1) is 11.8 Å². The molecule has 106 valence electrons. The van der Waals surface area contributed by atoms with Crippen molar-refractivity contribution in [3.05, 3.63) is 70.3 Å². The molecule has 5 heteroatoms. The molecule has 0 aliphatic rings. The Morgan fingerprint density at radius 1 is 1.24 bits per heavy atom. The molecular weight excluding hydrogens is 282 g/mol. The SMILES string of the molecule is Cc1ccc2nc(CSc3cccc(N)c3)cc(=O)n2c1. The first-order chi connectivity index (χ1) is 10.1. The molecule has 21 heavy (non-hydrogen) atoms. The minimum atomic E-state index is -0.0492. The largest absolute Gasteiger partial charge is 0.399 e. The van der Waals surface area contributed by atoms with Gasteiger partial charge < -0.3 is 5.73 Å². The zero-order valence-corrected chi connectivity index (χ0v) is 12.4. The van der Waals surface area contributed by atoms with E-state index in [1.165, 1.54) is 0 Å². The van der Waals surface area contributed by atoms with E-state index < -0.39 is 0 Å². The van der Waals surface area contributed by atoms with Crippen molar-refractivity contribution in [2.45, 2.75) is 17.6 Å². The second kappa shape index (κ2) is 5.61. The highest BCUT2D eigenvalue weighted by molar-refractivity contribution is 7.98. The second-order valence-corrected chi connectivity index (χ2v) is 5.93. The topological polar surface area (TPSA) is 60.4 Å². The van der Waals surface area contributed by atoms with E-state index in [1.54, 1.807) is 28.4 Å². The Kier molecular flexibility index (Phi) is 3.66. The molecule has 2 aromatic heterocycles. The van der Waals surface area contributed by atoms with Crippen LogP contribution in [0.5, 0.6) is 0 Å². The highest BCUT2D eigenvalue weighted by Gasteiger charge is 2.04. The van der Waals surface area contributed by atoms with Crippen molar-refractivity contribution in [1.82, 2.24) is 9.38 Å². The molecule has 0 saturated carbocycles. The van der Waals surface area contributed by atoms with Gasteiger partial charge in [0.1, 0.15) is 5.65 Å². The van der Waals surface area contributed by atoms with Gasteiger partial charge in [0.25, 0.3) is 5.56 Å². The number of nitrogen functional groups attached to an aromatic ring is 1. The van der Waals surface area contributed by atoms with E-state index in [0.29, 0.717) is 11.4 Å². The van der Waals surface area contributed by atoms with E-state index in [4.69, 9.17) is 5.73 Å². The number of thioether (sulfide) groups is 1. The van der Waals surface area contributed by atoms with Crippen LogP contribution < -0.4 is 11.3 Å². The summed E-state index contributed by atoms with van der Waals surface area (Å²) in [5.74, 6) is 0.642. The fraction of sp³-hybridized carbons (Fsp3) is 0.125. The van der Waals surface area contributed by atoms with E-state index in [-0.39, 0.29) is 5.56 Å². The number of nitrogens with zero attached hydrogens (tertiary/aromatic N) is 2. The van der Waals surface area contributed by atoms with Gasteiger partial charge in [-0.05, 0) is 36.8 Å². The van der Waals surface area contributed by atoms with Crippen molar-refractivity contribution < 1.29 is 0 Å². The quantitative estimate of drug-likeness (QED) is 0.596. The van der Waals surface area contributed by atoms with Crippen LogP contribution in [0, 0.1) is 6.92 Å². The maximum Gasteiger partial charge on any atom is 0.258 e. The van der Waals surface area contributed by atoms with Crippen LogP contribution in [0.2, 0.25) is 0 Å². The van der Waals surface area contributed by atoms with E-state index in [0.717, 1.165) is 21.8 Å².